The van der Waals surface area contributed by atoms with Crippen LogP contribution in [0.2, 0.25) is 0 Å². The number of halogens is 9. The van der Waals surface area contributed by atoms with Gasteiger partial charge in [0, 0.05) is 18.1 Å². The maximum Gasteiger partial charge on any atom is 0.460 e. The van der Waals surface area contributed by atoms with Crippen molar-refractivity contribution >= 4 is 16.1 Å². The van der Waals surface area contributed by atoms with Gasteiger partial charge in [0.1, 0.15) is 11.5 Å². The minimum Gasteiger partial charge on any atom is -0.478 e. The van der Waals surface area contributed by atoms with Gasteiger partial charge in [-0.2, -0.15) is 47.9 Å². The first kappa shape index (κ1) is 26.8. The predicted molar refractivity (Wildman–Crippen MR) is 87.5 cm³/mol. The number of alkyl halides is 9. The number of benzene rings is 1. The molecule has 1 aliphatic rings. The monoisotopic (exact) mass is 520 g/mol. The maximum atomic E-state index is 13.8. The molecule has 0 saturated carbocycles. The Bertz CT molecular complexity index is 1010. The third-order valence-corrected chi connectivity index (χ3v) is 5.53. The van der Waals surface area contributed by atoms with Gasteiger partial charge in [-0.25, -0.2) is 4.79 Å². The summed E-state index contributed by atoms with van der Waals surface area (Å²) in [4.78, 5) is 11.8. The average molecular weight is 520 g/mol. The minimum atomic E-state index is -7.47. The van der Waals surface area contributed by atoms with Crippen molar-refractivity contribution in [2.75, 3.05) is 6.61 Å². The first-order valence-electron chi connectivity index (χ1n) is 8.59. The van der Waals surface area contributed by atoms with E-state index in [1.807, 2.05) is 0 Å². The molecule has 33 heavy (non-hydrogen) atoms. The van der Waals surface area contributed by atoms with E-state index in [-0.39, 0.29) is 18.6 Å². The molecule has 0 aromatic heterocycles. The van der Waals surface area contributed by atoms with E-state index in [0.29, 0.717) is 12.1 Å². The molecule has 1 aromatic carbocycles. The second kappa shape index (κ2) is 8.41. The predicted octanol–water partition coefficient (Wildman–Crippen LogP) is 3.57. The van der Waals surface area contributed by atoms with Crippen LogP contribution >= 0.6 is 0 Å². The summed E-state index contributed by atoms with van der Waals surface area (Å²) in [6.45, 7) is 1.33. The maximum absolute atomic E-state index is 13.8. The lowest BCUT2D eigenvalue weighted by atomic mass is 9.99. The Balaban J connectivity index is 2.39. The zero-order chi connectivity index (χ0) is 25.6. The number of rotatable bonds is 7. The number of aliphatic hydroxyl groups is 1. The van der Waals surface area contributed by atoms with Crippen LogP contribution in [0.25, 0.3) is 0 Å². The summed E-state index contributed by atoms with van der Waals surface area (Å²) in [7, 11) is -7.17. The van der Waals surface area contributed by atoms with Crippen LogP contribution in [0.1, 0.15) is 25.0 Å². The van der Waals surface area contributed by atoms with Crippen LogP contribution in [0.4, 0.5) is 39.5 Å². The number of ether oxygens (including phenoxy) is 2. The normalized spacial score (nSPS) is 20.0. The molecule has 7 nitrogen and oxygen atoms in total. The Morgan fingerprint density at radius 2 is 1.67 bits per heavy atom. The Hall–Kier alpha value is -2.43. The molecule has 0 bridgehead atoms. The number of hydrogen-bond acceptors (Lipinski definition) is 7. The fourth-order valence-electron chi connectivity index (χ4n) is 2.55. The largest absolute Gasteiger partial charge is 0.478 e. The van der Waals surface area contributed by atoms with Crippen molar-refractivity contribution in [3.05, 3.63) is 23.8 Å². The van der Waals surface area contributed by atoms with Crippen molar-refractivity contribution in [3.8, 4) is 11.5 Å². The van der Waals surface area contributed by atoms with E-state index in [0.717, 1.165) is 6.07 Å². The summed E-state index contributed by atoms with van der Waals surface area (Å²) < 4.78 is 153. The quantitative estimate of drug-likeness (QED) is 0.334. The van der Waals surface area contributed by atoms with Crippen LogP contribution in [0.15, 0.2) is 18.2 Å². The standard InChI is InChI=1S/C16H13F9O7S/c1-2-30-12(27)11-6-9(26)8-4-3-7(5-10(8)31-11)32-33(28,29)16(24,25)14(19,20)13(17,18)15(21,22)23/h3-5,9,11,26H,2,6H2,1H3/t9?,11-/m0/s1. The fourth-order valence-corrected chi connectivity index (χ4v) is 3.46. The molecule has 1 N–H and O–H groups in total. The van der Waals surface area contributed by atoms with Crippen molar-refractivity contribution in [1.29, 1.82) is 0 Å². The van der Waals surface area contributed by atoms with E-state index in [9.17, 15) is 57.8 Å². The van der Waals surface area contributed by atoms with Crippen molar-refractivity contribution in [1.82, 2.24) is 0 Å². The molecule has 0 saturated heterocycles. The van der Waals surface area contributed by atoms with Crippen LogP contribution in [0.5, 0.6) is 11.5 Å². The molecule has 2 atom stereocenters. The van der Waals surface area contributed by atoms with Crippen LogP contribution < -0.4 is 8.92 Å². The van der Waals surface area contributed by atoms with E-state index in [4.69, 9.17) is 4.74 Å². The molecule has 188 valence electrons. The summed E-state index contributed by atoms with van der Waals surface area (Å²) in [5.41, 5.74) is -0.138. The molecule has 1 aromatic rings. The highest BCUT2D eigenvalue weighted by Gasteiger charge is 2.86. The lowest BCUT2D eigenvalue weighted by Gasteiger charge is -2.32. The van der Waals surface area contributed by atoms with E-state index >= 15 is 0 Å². The summed E-state index contributed by atoms with van der Waals surface area (Å²) in [6, 6.07) is 1.72. The first-order valence-corrected chi connectivity index (χ1v) is 10.0. The van der Waals surface area contributed by atoms with Crippen molar-refractivity contribution in [3.63, 3.8) is 0 Å². The highest BCUT2D eigenvalue weighted by atomic mass is 32.2. The lowest BCUT2D eigenvalue weighted by molar-refractivity contribution is -0.382. The lowest BCUT2D eigenvalue weighted by Crippen LogP contribution is -2.63. The summed E-state index contributed by atoms with van der Waals surface area (Å²) in [5, 5.41) is 2.97. The number of carbonyl (C=O) groups is 1. The zero-order valence-electron chi connectivity index (χ0n) is 16.0. The Kier molecular flexibility index (Phi) is 6.84. The summed E-state index contributed by atoms with van der Waals surface area (Å²) in [6.07, 6.45) is -10.5. The SMILES string of the molecule is CCOC(=O)[C@@H]1CC(O)c2ccc(OS(=O)(=O)C(F)(F)C(F)(F)C(F)(F)C(F)(F)F)cc2O1. The number of fused-ring (bicyclic) bond motifs is 1. The van der Waals surface area contributed by atoms with Gasteiger partial charge in [-0.15, -0.1) is 0 Å². The van der Waals surface area contributed by atoms with Gasteiger partial charge in [-0.3, -0.25) is 0 Å². The molecule has 2 rings (SSSR count). The van der Waals surface area contributed by atoms with Crippen LogP contribution in [0.3, 0.4) is 0 Å². The third kappa shape index (κ3) is 4.51. The molecule has 1 aliphatic heterocycles. The van der Waals surface area contributed by atoms with Gasteiger partial charge < -0.3 is 18.8 Å². The van der Waals surface area contributed by atoms with Gasteiger partial charge in [0.25, 0.3) is 0 Å². The molecular weight excluding hydrogens is 507 g/mol. The Morgan fingerprint density at radius 1 is 1.09 bits per heavy atom. The molecular formula is C16H13F9O7S. The first-order chi connectivity index (χ1) is 14.8. The van der Waals surface area contributed by atoms with Crippen LogP contribution in [-0.2, 0) is 19.6 Å². The molecule has 0 spiro atoms. The Labute approximate surface area is 179 Å². The smallest absolute Gasteiger partial charge is 0.460 e. The van der Waals surface area contributed by atoms with Gasteiger partial charge in [-0.1, -0.05) is 0 Å². The molecule has 0 radical (unpaired) electrons. The number of esters is 1. The van der Waals surface area contributed by atoms with Crippen molar-refractivity contribution in [2.45, 2.75) is 48.8 Å². The highest BCUT2D eigenvalue weighted by molar-refractivity contribution is 7.88. The van der Waals surface area contributed by atoms with Gasteiger partial charge >= 0.3 is 39.4 Å². The topological polar surface area (TPSA) is 99.1 Å². The summed E-state index contributed by atoms with van der Waals surface area (Å²) >= 11 is 0. The van der Waals surface area contributed by atoms with Gasteiger partial charge in [0.2, 0.25) is 0 Å². The number of hydrogen-bond donors (Lipinski definition) is 1. The van der Waals surface area contributed by atoms with E-state index in [2.05, 4.69) is 8.92 Å². The van der Waals surface area contributed by atoms with Crippen molar-refractivity contribution in [2.24, 2.45) is 0 Å². The Morgan fingerprint density at radius 3 is 2.18 bits per heavy atom. The van der Waals surface area contributed by atoms with Gasteiger partial charge in [0.05, 0.1) is 12.7 Å². The average Bonchev–Trinajstić information content (AvgIpc) is 2.66. The van der Waals surface area contributed by atoms with E-state index in [1.165, 1.54) is 6.92 Å². The van der Waals surface area contributed by atoms with E-state index in [1.54, 1.807) is 0 Å². The minimum absolute atomic E-state index is 0.102. The second-order valence-corrected chi connectivity index (χ2v) is 8.10. The highest BCUT2D eigenvalue weighted by Crippen LogP contribution is 2.55. The molecule has 1 unspecified atom stereocenters. The van der Waals surface area contributed by atoms with Crippen molar-refractivity contribution < 1.29 is 71.5 Å². The van der Waals surface area contributed by atoms with Crippen LogP contribution in [-0.4, -0.2) is 55.5 Å². The van der Waals surface area contributed by atoms with Gasteiger partial charge in [0.15, 0.2) is 6.10 Å². The van der Waals surface area contributed by atoms with Crippen LogP contribution in [0, 0.1) is 0 Å². The second-order valence-electron chi connectivity index (χ2n) is 6.51. The number of aliphatic hydroxyl groups excluding tert-OH is 1. The number of carbonyl (C=O) groups excluding carboxylic acids is 1. The zero-order valence-corrected chi connectivity index (χ0v) is 16.8. The molecule has 0 fully saturated rings. The molecule has 0 aliphatic carbocycles. The summed E-state index contributed by atoms with van der Waals surface area (Å²) in [5.74, 6) is -17.7. The third-order valence-electron chi connectivity index (χ3n) is 4.24. The molecule has 17 heteroatoms. The fraction of sp³-hybridized carbons (Fsp3) is 0.562. The molecule has 1 heterocycles. The molecule has 0 amide bonds. The van der Waals surface area contributed by atoms with Gasteiger partial charge in [-0.05, 0) is 19.1 Å². The van der Waals surface area contributed by atoms with E-state index < -0.39 is 63.1 Å².